The van der Waals surface area contributed by atoms with E-state index in [-0.39, 0.29) is 23.6 Å². The molecule has 12 rings (SSSR count). The van der Waals surface area contributed by atoms with Gasteiger partial charge in [-0.05, 0) is 47.2 Å². The molecule has 54 heavy (non-hydrogen) atoms. The van der Waals surface area contributed by atoms with Crippen LogP contribution in [-0.4, -0.2) is 42.7 Å². The SMILES string of the molecule is O=C1NC(=O)C(c2cn3c4c(cccc24)CC3)=C1c1c[nH]c2ccccc12.O=C1NC(=O)[C@@H](c2cn3c4c(cccc24)CC3)[C@@H]1c1c[nH]c2ccccc12. The van der Waals surface area contributed by atoms with Crippen LogP contribution in [0, 0.1) is 0 Å². The van der Waals surface area contributed by atoms with E-state index < -0.39 is 11.8 Å². The minimum atomic E-state index is -0.518. The first-order chi connectivity index (χ1) is 26.4. The molecular weight excluding hydrogens is 677 g/mol. The third-order valence-electron chi connectivity index (χ3n) is 11.7. The van der Waals surface area contributed by atoms with Crippen molar-refractivity contribution in [3.05, 3.63) is 143 Å². The van der Waals surface area contributed by atoms with E-state index in [1.54, 1.807) is 0 Å². The Morgan fingerprint density at radius 2 is 1.06 bits per heavy atom. The van der Waals surface area contributed by atoms with E-state index >= 15 is 0 Å². The molecule has 0 saturated carbocycles. The quantitative estimate of drug-likeness (QED) is 0.157. The number of benzene rings is 4. The molecule has 0 radical (unpaired) electrons. The zero-order valence-electron chi connectivity index (χ0n) is 28.9. The minimum Gasteiger partial charge on any atom is -0.361 e. The van der Waals surface area contributed by atoms with E-state index in [1.165, 1.54) is 22.2 Å². The maximum atomic E-state index is 12.8. The number of carbonyl (C=O) groups is 4. The highest BCUT2D eigenvalue weighted by molar-refractivity contribution is 6.50. The molecule has 0 bridgehead atoms. The number of aromatic amines is 2. The number of para-hydroxylation sites is 4. The molecule has 4 N–H and O–H groups in total. The Balaban J connectivity index is 0.000000126. The van der Waals surface area contributed by atoms with Crippen molar-refractivity contribution in [2.24, 2.45) is 0 Å². The number of hydrogen-bond donors (Lipinski definition) is 4. The number of aromatic nitrogens is 4. The summed E-state index contributed by atoms with van der Waals surface area (Å²) in [6.45, 7) is 1.83. The van der Waals surface area contributed by atoms with Crippen molar-refractivity contribution in [3.8, 4) is 0 Å². The molecule has 4 aromatic heterocycles. The lowest BCUT2D eigenvalue weighted by atomic mass is 9.83. The van der Waals surface area contributed by atoms with Crippen LogP contribution in [0.4, 0.5) is 0 Å². The third-order valence-corrected chi connectivity index (χ3v) is 11.7. The first-order valence-electron chi connectivity index (χ1n) is 18.2. The van der Waals surface area contributed by atoms with Gasteiger partial charge in [0.1, 0.15) is 0 Å². The predicted octanol–water partition coefficient (Wildman–Crippen LogP) is 6.45. The second kappa shape index (κ2) is 11.3. The molecular formula is C44H32N6O4. The fourth-order valence-electron chi connectivity index (χ4n) is 9.41. The molecule has 8 heterocycles. The second-order valence-electron chi connectivity index (χ2n) is 14.5. The number of aryl methyl sites for hydroxylation is 4. The standard InChI is InChI=1S/C22H17N3O2.C22H15N3O2/c2*26-21-18(15-10-23-17-7-2-1-5-13(15)17)19(22(27)24-21)16-11-25-9-8-12-4-3-6-14(16)20(12)25/h1-7,10-11,18-19,23H,8-9H2,(H,24,26,27);1-7,10-11,23H,8-9H2,(H,24,26,27)/t18-,19-;/m0./s1. The normalized spacial score (nSPS) is 18.8. The van der Waals surface area contributed by atoms with Gasteiger partial charge in [0.05, 0.1) is 34.0 Å². The van der Waals surface area contributed by atoms with Crippen LogP contribution in [-0.2, 0) is 45.1 Å². The van der Waals surface area contributed by atoms with Crippen molar-refractivity contribution >= 4 is 78.4 Å². The number of nitrogens with one attached hydrogen (secondary N) is 4. The Morgan fingerprint density at radius 1 is 0.500 bits per heavy atom. The van der Waals surface area contributed by atoms with Crippen LogP contribution in [0.2, 0.25) is 0 Å². The fraction of sp³-hybridized carbons (Fsp3) is 0.136. The zero-order chi connectivity index (χ0) is 36.2. The molecule has 4 aliphatic rings. The van der Waals surface area contributed by atoms with Gasteiger partial charge in [-0.1, -0.05) is 72.8 Å². The molecule has 0 unspecified atom stereocenters. The summed E-state index contributed by atoms with van der Waals surface area (Å²) < 4.78 is 4.41. The van der Waals surface area contributed by atoms with Crippen LogP contribution in [0.25, 0.3) is 54.8 Å². The van der Waals surface area contributed by atoms with Crippen LogP contribution >= 0.6 is 0 Å². The molecule has 1 saturated heterocycles. The maximum absolute atomic E-state index is 12.8. The van der Waals surface area contributed by atoms with Crippen LogP contribution < -0.4 is 10.6 Å². The first-order valence-corrected chi connectivity index (χ1v) is 18.2. The maximum Gasteiger partial charge on any atom is 0.259 e. The summed E-state index contributed by atoms with van der Waals surface area (Å²) in [5.41, 5.74) is 11.2. The number of nitrogens with zero attached hydrogens (tertiary/aromatic N) is 2. The number of fused-ring (bicyclic) bond motifs is 2. The number of imide groups is 2. The number of amides is 4. The van der Waals surface area contributed by atoms with Gasteiger partial charge in [-0.25, -0.2) is 0 Å². The van der Waals surface area contributed by atoms with Gasteiger partial charge in [-0.15, -0.1) is 0 Å². The third kappa shape index (κ3) is 4.27. The Bertz CT molecular complexity index is 3010. The van der Waals surface area contributed by atoms with Crippen LogP contribution in [0.15, 0.2) is 110 Å². The van der Waals surface area contributed by atoms with Crippen LogP contribution in [0.5, 0.6) is 0 Å². The Morgan fingerprint density at radius 3 is 1.80 bits per heavy atom. The summed E-state index contributed by atoms with van der Waals surface area (Å²) in [5.74, 6) is -2.12. The van der Waals surface area contributed by atoms with Crippen molar-refractivity contribution < 1.29 is 19.2 Å². The Hall–Kier alpha value is -6.94. The summed E-state index contributed by atoms with van der Waals surface area (Å²) in [6.07, 6.45) is 9.81. The van der Waals surface area contributed by atoms with E-state index in [1.807, 2.05) is 85.3 Å². The molecule has 0 spiro atoms. The monoisotopic (exact) mass is 708 g/mol. The van der Waals surface area contributed by atoms with Gasteiger partial charge < -0.3 is 19.1 Å². The predicted molar refractivity (Wildman–Crippen MR) is 206 cm³/mol. The van der Waals surface area contributed by atoms with E-state index in [0.717, 1.165) is 80.8 Å². The highest BCUT2D eigenvalue weighted by atomic mass is 16.2. The van der Waals surface area contributed by atoms with Crippen LogP contribution in [0.3, 0.4) is 0 Å². The molecule has 10 heteroatoms. The smallest absolute Gasteiger partial charge is 0.259 e. The summed E-state index contributed by atoms with van der Waals surface area (Å²) in [7, 11) is 0. The Labute approximate surface area is 307 Å². The van der Waals surface area contributed by atoms with E-state index in [4.69, 9.17) is 0 Å². The molecule has 2 atom stereocenters. The van der Waals surface area contributed by atoms with E-state index in [2.05, 4.69) is 54.1 Å². The van der Waals surface area contributed by atoms with Gasteiger partial charge >= 0.3 is 0 Å². The molecule has 4 aliphatic heterocycles. The highest BCUT2D eigenvalue weighted by Gasteiger charge is 2.46. The largest absolute Gasteiger partial charge is 0.361 e. The van der Waals surface area contributed by atoms with Crippen molar-refractivity contribution in [2.45, 2.75) is 37.8 Å². The number of rotatable bonds is 4. The van der Waals surface area contributed by atoms with Gasteiger partial charge in [0.25, 0.3) is 11.8 Å². The molecule has 0 aliphatic carbocycles. The van der Waals surface area contributed by atoms with Crippen molar-refractivity contribution in [3.63, 3.8) is 0 Å². The zero-order valence-corrected chi connectivity index (χ0v) is 28.9. The highest BCUT2D eigenvalue weighted by Crippen LogP contribution is 2.45. The lowest BCUT2D eigenvalue weighted by Crippen LogP contribution is -2.22. The molecule has 262 valence electrons. The number of H-pyrrole nitrogens is 2. The van der Waals surface area contributed by atoms with Gasteiger partial charge in [-0.2, -0.15) is 0 Å². The van der Waals surface area contributed by atoms with Gasteiger partial charge in [0.2, 0.25) is 11.8 Å². The fourth-order valence-corrected chi connectivity index (χ4v) is 9.41. The summed E-state index contributed by atoms with van der Waals surface area (Å²) >= 11 is 0. The molecule has 10 nitrogen and oxygen atoms in total. The topological polar surface area (TPSA) is 134 Å². The van der Waals surface area contributed by atoms with E-state index in [0.29, 0.717) is 11.1 Å². The van der Waals surface area contributed by atoms with E-state index in [9.17, 15) is 19.2 Å². The first kappa shape index (κ1) is 30.7. The summed E-state index contributed by atoms with van der Waals surface area (Å²) in [6, 6.07) is 28.2. The molecule has 1 fully saturated rings. The lowest BCUT2D eigenvalue weighted by molar-refractivity contribution is -0.126. The average molecular weight is 709 g/mol. The van der Waals surface area contributed by atoms with Gasteiger partial charge in [0.15, 0.2) is 0 Å². The summed E-state index contributed by atoms with van der Waals surface area (Å²) in [4.78, 5) is 57.6. The van der Waals surface area contributed by atoms with Crippen molar-refractivity contribution in [2.75, 3.05) is 0 Å². The number of carbonyl (C=O) groups excluding carboxylic acids is 4. The molecule has 4 amide bonds. The lowest BCUT2D eigenvalue weighted by Gasteiger charge is -2.15. The van der Waals surface area contributed by atoms with Crippen molar-refractivity contribution in [1.82, 2.24) is 29.7 Å². The Kier molecular flexibility index (Phi) is 6.40. The van der Waals surface area contributed by atoms with Gasteiger partial charge in [0, 0.05) is 81.6 Å². The van der Waals surface area contributed by atoms with Crippen molar-refractivity contribution in [1.29, 1.82) is 0 Å². The average Bonchev–Trinajstić information content (AvgIpc) is 4.05. The second-order valence-corrected chi connectivity index (χ2v) is 14.5. The number of hydrogen-bond acceptors (Lipinski definition) is 4. The molecule has 4 aromatic carbocycles. The summed E-state index contributed by atoms with van der Waals surface area (Å²) in [5, 5.41) is 9.12. The van der Waals surface area contributed by atoms with Crippen LogP contribution in [0.1, 0.15) is 45.2 Å². The minimum absolute atomic E-state index is 0.208. The van der Waals surface area contributed by atoms with Gasteiger partial charge in [-0.3, -0.25) is 29.8 Å². The molecule has 8 aromatic rings.